The van der Waals surface area contributed by atoms with Gasteiger partial charge in [-0.15, -0.1) is 0 Å². The third kappa shape index (κ3) is 2.79. The van der Waals surface area contributed by atoms with Crippen molar-refractivity contribution in [3.8, 4) is 0 Å². The van der Waals surface area contributed by atoms with Crippen molar-refractivity contribution in [2.75, 3.05) is 0 Å². The van der Waals surface area contributed by atoms with E-state index in [0.717, 1.165) is 18.2 Å². The summed E-state index contributed by atoms with van der Waals surface area (Å²) in [7, 11) is 0. The standard InChI is InChI=1S/C14H8ClF3O/c15-9-3-1-6-12(18)14(9)13(19)7-8-10(16)4-2-5-11(8)17/h1-6H,7H2. The second-order valence-corrected chi connectivity index (χ2v) is 4.30. The summed E-state index contributed by atoms with van der Waals surface area (Å²) in [6.45, 7) is 0. The van der Waals surface area contributed by atoms with E-state index < -0.39 is 35.2 Å². The smallest absolute Gasteiger partial charge is 0.171 e. The molecular weight excluding hydrogens is 277 g/mol. The summed E-state index contributed by atoms with van der Waals surface area (Å²) in [6.07, 6.45) is -0.584. The molecule has 1 nitrogen and oxygen atoms in total. The Bertz CT molecular complexity index is 600. The summed E-state index contributed by atoms with van der Waals surface area (Å²) < 4.78 is 40.3. The molecule has 0 atom stereocenters. The molecule has 0 fully saturated rings. The Morgan fingerprint density at radius 2 is 1.47 bits per heavy atom. The lowest BCUT2D eigenvalue weighted by molar-refractivity contribution is 0.0987. The largest absolute Gasteiger partial charge is 0.294 e. The first kappa shape index (κ1) is 13.6. The molecule has 0 heterocycles. The van der Waals surface area contributed by atoms with Crippen molar-refractivity contribution >= 4 is 17.4 Å². The van der Waals surface area contributed by atoms with E-state index in [0.29, 0.717) is 0 Å². The number of hydrogen-bond acceptors (Lipinski definition) is 1. The predicted octanol–water partition coefficient (Wildman–Crippen LogP) is 4.18. The zero-order chi connectivity index (χ0) is 14.0. The van der Waals surface area contributed by atoms with Gasteiger partial charge in [-0.2, -0.15) is 0 Å². The molecule has 2 aromatic rings. The number of carbonyl (C=O) groups is 1. The average molecular weight is 285 g/mol. The van der Waals surface area contributed by atoms with Gasteiger partial charge in [-0.3, -0.25) is 4.79 Å². The lowest BCUT2D eigenvalue weighted by atomic mass is 10.0. The summed E-state index contributed by atoms with van der Waals surface area (Å²) in [5, 5.41) is -0.0817. The monoisotopic (exact) mass is 284 g/mol. The fourth-order valence-electron chi connectivity index (χ4n) is 1.71. The summed E-state index contributed by atoms with van der Waals surface area (Å²) in [5.74, 6) is -3.28. The van der Waals surface area contributed by atoms with E-state index in [9.17, 15) is 18.0 Å². The first-order valence-electron chi connectivity index (χ1n) is 5.41. The fourth-order valence-corrected chi connectivity index (χ4v) is 1.98. The lowest BCUT2D eigenvalue weighted by Gasteiger charge is -2.06. The SMILES string of the molecule is O=C(Cc1c(F)cccc1F)c1c(F)cccc1Cl. The van der Waals surface area contributed by atoms with Gasteiger partial charge in [-0.25, -0.2) is 13.2 Å². The van der Waals surface area contributed by atoms with E-state index in [-0.39, 0.29) is 10.6 Å². The van der Waals surface area contributed by atoms with Crippen molar-refractivity contribution in [3.63, 3.8) is 0 Å². The number of benzene rings is 2. The molecule has 0 bridgehead atoms. The number of carbonyl (C=O) groups excluding carboxylic acids is 1. The van der Waals surface area contributed by atoms with Crippen LogP contribution in [0, 0.1) is 17.5 Å². The van der Waals surface area contributed by atoms with Gasteiger partial charge in [0, 0.05) is 12.0 Å². The molecule has 0 radical (unpaired) electrons. The number of Topliss-reactive ketones (excluding diaryl/α,β-unsaturated/α-hetero) is 1. The molecule has 0 aromatic heterocycles. The van der Waals surface area contributed by atoms with Crippen LogP contribution in [0.2, 0.25) is 5.02 Å². The van der Waals surface area contributed by atoms with Crippen LogP contribution in [0.4, 0.5) is 13.2 Å². The van der Waals surface area contributed by atoms with E-state index in [1.165, 1.54) is 18.2 Å². The maximum Gasteiger partial charge on any atom is 0.171 e. The van der Waals surface area contributed by atoms with Gasteiger partial charge >= 0.3 is 0 Å². The van der Waals surface area contributed by atoms with Crippen LogP contribution < -0.4 is 0 Å². The van der Waals surface area contributed by atoms with Gasteiger partial charge in [0.25, 0.3) is 0 Å². The molecular formula is C14H8ClF3O. The van der Waals surface area contributed by atoms with Crippen LogP contribution in [0.1, 0.15) is 15.9 Å². The molecule has 0 N–H and O–H groups in total. The second kappa shape index (κ2) is 5.45. The summed E-state index contributed by atoms with van der Waals surface area (Å²) in [6, 6.07) is 7.02. The molecule has 0 saturated heterocycles. The van der Waals surface area contributed by atoms with Gasteiger partial charge in [0.1, 0.15) is 17.5 Å². The van der Waals surface area contributed by atoms with Gasteiger partial charge in [0.05, 0.1) is 10.6 Å². The second-order valence-electron chi connectivity index (χ2n) is 3.90. The van der Waals surface area contributed by atoms with Gasteiger partial charge in [0.15, 0.2) is 5.78 Å². The Balaban J connectivity index is 2.37. The molecule has 2 aromatic carbocycles. The Hall–Kier alpha value is -1.81. The third-order valence-electron chi connectivity index (χ3n) is 2.64. The first-order valence-corrected chi connectivity index (χ1v) is 5.78. The quantitative estimate of drug-likeness (QED) is 0.773. The number of ketones is 1. The van der Waals surface area contributed by atoms with E-state index in [1.54, 1.807) is 0 Å². The van der Waals surface area contributed by atoms with Crippen molar-refractivity contribution in [2.24, 2.45) is 0 Å². The van der Waals surface area contributed by atoms with Gasteiger partial charge in [-0.05, 0) is 24.3 Å². The molecule has 0 aliphatic carbocycles. The minimum Gasteiger partial charge on any atom is -0.294 e. The third-order valence-corrected chi connectivity index (χ3v) is 2.96. The van der Waals surface area contributed by atoms with E-state index in [4.69, 9.17) is 11.6 Å². The molecule has 0 amide bonds. The normalized spacial score (nSPS) is 10.5. The van der Waals surface area contributed by atoms with Crippen molar-refractivity contribution in [1.82, 2.24) is 0 Å². The highest BCUT2D eigenvalue weighted by atomic mass is 35.5. The van der Waals surface area contributed by atoms with Crippen molar-refractivity contribution < 1.29 is 18.0 Å². The van der Waals surface area contributed by atoms with Crippen LogP contribution in [0.5, 0.6) is 0 Å². The first-order chi connectivity index (χ1) is 9.00. The van der Waals surface area contributed by atoms with Crippen molar-refractivity contribution in [1.29, 1.82) is 0 Å². The van der Waals surface area contributed by atoms with Crippen LogP contribution in [-0.2, 0) is 6.42 Å². The number of rotatable bonds is 3. The molecule has 0 aliphatic heterocycles. The molecule has 0 unspecified atom stereocenters. The maximum absolute atomic E-state index is 13.5. The Kier molecular flexibility index (Phi) is 3.90. The number of hydrogen-bond donors (Lipinski definition) is 0. The molecule has 19 heavy (non-hydrogen) atoms. The summed E-state index contributed by atoms with van der Waals surface area (Å²) in [5.41, 5.74) is -0.751. The van der Waals surface area contributed by atoms with Crippen LogP contribution >= 0.6 is 11.6 Å². The molecule has 0 aliphatic rings. The Morgan fingerprint density at radius 1 is 0.947 bits per heavy atom. The minimum atomic E-state index is -0.846. The van der Waals surface area contributed by atoms with Crippen LogP contribution in [-0.4, -0.2) is 5.78 Å². The Labute approximate surface area is 112 Å². The van der Waals surface area contributed by atoms with Crippen LogP contribution in [0.3, 0.4) is 0 Å². The maximum atomic E-state index is 13.5. The van der Waals surface area contributed by atoms with Crippen LogP contribution in [0.15, 0.2) is 36.4 Å². The number of halogens is 4. The zero-order valence-corrected chi connectivity index (χ0v) is 10.3. The zero-order valence-electron chi connectivity index (χ0n) is 9.59. The van der Waals surface area contributed by atoms with Gasteiger partial charge in [-0.1, -0.05) is 23.7 Å². The van der Waals surface area contributed by atoms with Crippen molar-refractivity contribution in [2.45, 2.75) is 6.42 Å². The van der Waals surface area contributed by atoms with Crippen molar-refractivity contribution in [3.05, 3.63) is 70.0 Å². The molecule has 0 spiro atoms. The van der Waals surface area contributed by atoms with E-state index >= 15 is 0 Å². The predicted molar refractivity (Wildman–Crippen MR) is 65.8 cm³/mol. The molecule has 2 rings (SSSR count). The molecule has 98 valence electrons. The summed E-state index contributed by atoms with van der Waals surface area (Å²) >= 11 is 5.72. The molecule has 0 saturated carbocycles. The minimum absolute atomic E-state index is 0.0817. The fraction of sp³-hybridized carbons (Fsp3) is 0.0714. The van der Waals surface area contributed by atoms with Gasteiger partial charge in [0.2, 0.25) is 0 Å². The van der Waals surface area contributed by atoms with E-state index in [1.807, 2.05) is 0 Å². The average Bonchev–Trinajstić information content (AvgIpc) is 2.34. The van der Waals surface area contributed by atoms with E-state index in [2.05, 4.69) is 0 Å². The highest BCUT2D eigenvalue weighted by Gasteiger charge is 2.19. The highest BCUT2D eigenvalue weighted by molar-refractivity contribution is 6.34. The van der Waals surface area contributed by atoms with Crippen LogP contribution in [0.25, 0.3) is 0 Å². The van der Waals surface area contributed by atoms with Gasteiger partial charge < -0.3 is 0 Å². The lowest BCUT2D eigenvalue weighted by Crippen LogP contribution is -2.10. The molecule has 5 heteroatoms. The topological polar surface area (TPSA) is 17.1 Å². The summed E-state index contributed by atoms with van der Waals surface area (Å²) in [4.78, 5) is 11.9. The highest BCUT2D eigenvalue weighted by Crippen LogP contribution is 2.22. The Morgan fingerprint density at radius 3 is 2.05 bits per heavy atom.